The van der Waals surface area contributed by atoms with Crippen LogP contribution in [0.15, 0.2) is 60.7 Å². The molecule has 0 aliphatic heterocycles. The second-order valence-corrected chi connectivity index (χ2v) is 6.05. The van der Waals surface area contributed by atoms with Gasteiger partial charge in [-0.15, -0.1) is 0 Å². The Bertz CT molecular complexity index is 960. The molecule has 3 aromatic carbocycles. The molecule has 0 atom stereocenters. The number of carbonyl (C=O) groups is 1. The van der Waals surface area contributed by atoms with Gasteiger partial charge in [0.25, 0.3) is 5.91 Å². The number of halogens is 4. The molecule has 1 N–H and O–H groups in total. The van der Waals surface area contributed by atoms with Crippen molar-refractivity contribution in [2.24, 2.45) is 0 Å². The van der Waals surface area contributed by atoms with E-state index >= 15 is 0 Å². The average Bonchev–Trinajstić information content (AvgIpc) is 2.67. The molecule has 0 fully saturated rings. The summed E-state index contributed by atoms with van der Waals surface area (Å²) in [5, 5.41) is 3.05. The highest BCUT2D eigenvalue weighted by molar-refractivity contribution is 6.30. The van der Waals surface area contributed by atoms with E-state index in [1.165, 1.54) is 0 Å². The highest BCUT2D eigenvalue weighted by Crippen LogP contribution is 2.20. The largest absolute Gasteiger partial charge is 0.489 e. The fraction of sp³-hybridized carbons (Fsp3) is 0.0500. The van der Waals surface area contributed by atoms with Gasteiger partial charge in [-0.2, -0.15) is 0 Å². The highest BCUT2D eigenvalue weighted by atomic mass is 35.5. The van der Waals surface area contributed by atoms with Crippen LogP contribution in [0.4, 0.5) is 18.9 Å². The lowest BCUT2D eigenvalue weighted by atomic mass is 10.1. The molecule has 0 unspecified atom stereocenters. The smallest absolute Gasteiger partial charge is 0.258 e. The number of nitrogens with one attached hydrogen (secondary N) is 1. The third-order valence-corrected chi connectivity index (χ3v) is 3.96. The molecule has 3 aromatic rings. The van der Waals surface area contributed by atoms with Gasteiger partial charge in [0.1, 0.15) is 12.4 Å². The number of carbonyl (C=O) groups excluding carboxylic acids is 1. The summed E-state index contributed by atoms with van der Waals surface area (Å²) in [7, 11) is 0. The minimum absolute atomic E-state index is 0.336. The third-order valence-electron chi connectivity index (χ3n) is 3.71. The predicted molar refractivity (Wildman–Crippen MR) is 96.5 cm³/mol. The van der Waals surface area contributed by atoms with E-state index in [1.807, 2.05) is 12.1 Å². The molecule has 138 valence electrons. The van der Waals surface area contributed by atoms with Crippen LogP contribution in [0.25, 0.3) is 0 Å². The molecule has 0 aliphatic rings. The minimum Gasteiger partial charge on any atom is -0.489 e. The number of benzene rings is 3. The Kier molecular flexibility index (Phi) is 5.66. The summed E-state index contributed by atoms with van der Waals surface area (Å²) in [4.78, 5) is 12.0. The van der Waals surface area contributed by atoms with E-state index < -0.39 is 28.9 Å². The summed E-state index contributed by atoms with van der Waals surface area (Å²) in [6.07, 6.45) is 0. The molecule has 7 heteroatoms. The zero-order chi connectivity index (χ0) is 19.4. The Morgan fingerprint density at radius 2 is 1.56 bits per heavy atom. The van der Waals surface area contributed by atoms with Crippen LogP contribution in [-0.4, -0.2) is 5.91 Å². The summed E-state index contributed by atoms with van der Waals surface area (Å²) in [5.41, 5.74) is 0.700. The second kappa shape index (κ2) is 8.14. The number of rotatable bonds is 5. The maximum Gasteiger partial charge on any atom is 0.258 e. The fourth-order valence-corrected chi connectivity index (χ4v) is 2.41. The average molecular weight is 392 g/mol. The normalized spacial score (nSPS) is 10.5. The van der Waals surface area contributed by atoms with Gasteiger partial charge in [0.15, 0.2) is 17.5 Å². The van der Waals surface area contributed by atoms with E-state index in [0.29, 0.717) is 29.1 Å². The zero-order valence-corrected chi connectivity index (χ0v) is 14.6. The van der Waals surface area contributed by atoms with Crippen molar-refractivity contribution in [1.82, 2.24) is 0 Å². The molecule has 0 radical (unpaired) electrons. The maximum absolute atomic E-state index is 13.7. The summed E-state index contributed by atoms with van der Waals surface area (Å²) >= 11 is 5.82. The number of amides is 1. The number of anilines is 1. The molecule has 0 heterocycles. The topological polar surface area (TPSA) is 38.3 Å². The molecular formula is C20H13ClF3NO2. The van der Waals surface area contributed by atoms with Crippen LogP contribution in [0, 0.1) is 17.5 Å². The monoisotopic (exact) mass is 391 g/mol. The Hall–Kier alpha value is -2.99. The van der Waals surface area contributed by atoms with Crippen LogP contribution in [0.1, 0.15) is 15.9 Å². The van der Waals surface area contributed by atoms with E-state index in [4.69, 9.17) is 16.3 Å². The zero-order valence-electron chi connectivity index (χ0n) is 13.8. The lowest BCUT2D eigenvalue weighted by Gasteiger charge is -2.09. The van der Waals surface area contributed by atoms with Crippen molar-refractivity contribution in [3.8, 4) is 5.75 Å². The first-order valence-electron chi connectivity index (χ1n) is 7.86. The summed E-state index contributed by atoms with van der Waals surface area (Å²) in [6, 6.07) is 15.1. The van der Waals surface area contributed by atoms with Crippen LogP contribution >= 0.6 is 11.6 Å². The quantitative estimate of drug-likeness (QED) is 0.576. The summed E-state index contributed by atoms with van der Waals surface area (Å²) in [6.45, 7) is 0.336. The molecule has 0 bridgehead atoms. The summed E-state index contributed by atoms with van der Waals surface area (Å²) in [5.74, 6) is -4.90. The lowest BCUT2D eigenvalue weighted by molar-refractivity contribution is 0.102. The van der Waals surface area contributed by atoms with Gasteiger partial charge in [0.05, 0.1) is 5.56 Å². The third kappa shape index (κ3) is 4.60. The Labute approximate surface area is 158 Å². The van der Waals surface area contributed by atoms with Crippen molar-refractivity contribution in [1.29, 1.82) is 0 Å². The van der Waals surface area contributed by atoms with Gasteiger partial charge in [0.2, 0.25) is 0 Å². The fourth-order valence-electron chi connectivity index (χ4n) is 2.28. The first-order chi connectivity index (χ1) is 12.9. The first-order valence-corrected chi connectivity index (χ1v) is 8.24. The molecule has 0 aliphatic carbocycles. The molecule has 3 nitrogen and oxygen atoms in total. The van der Waals surface area contributed by atoms with Crippen LogP contribution in [0.2, 0.25) is 5.02 Å². The lowest BCUT2D eigenvalue weighted by Crippen LogP contribution is -2.15. The molecule has 27 heavy (non-hydrogen) atoms. The van der Waals surface area contributed by atoms with Crippen molar-refractivity contribution < 1.29 is 22.7 Å². The Morgan fingerprint density at radius 3 is 2.22 bits per heavy atom. The van der Waals surface area contributed by atoms with Gasteiger partial charge >= 0.3 is 0 Å². The standard InChI is InChI=1S/C20H13ClF3NO2/c21-13-3-1-12(2-4-13)11-27-15-7-5-14(6-8-15)25-20(26)16-9-10-17(22)19(24)18(16)23/h1-10H,11H2,(H,25,26). The van der Waals surface area contributed by atoms with Crippen LogP contribution in [-0.2, 0) is 6.61 Å². The minimum atomic E-state index is -1.69. The van der Waals surface area contributed by atoms with Crippen molar-refractivity contribution >= 4 is 23.2 Å². The number of hydrogen-bond donors (Lipinski definition) is 1. The van der Waals surface area contributed by atoms with Gasteiger partial charge in [-0.05, 0) is 54.1 Å². The first kappa shape index (κ1) is 18.8. The van der Waals surface area contributed by atoms with Gasteiger partial charge in [-0.1, -0.05) is 23.7 Å². The van der Waals surface area contributed by atoms with Crippen molar-refractivity contribution in [3.63, 3.8) is 0 Å². The van der Waals surface area contributed by atoms with Gasteiger partial charge < -0.3 is 10.1 Å². The van der Waals surface area contributed by atoms with Gasteiger partial charge in [-0.25, -0.2) is 13.2 Å². The van der Waals surface area contributed by atoms with Crippen molar-refractivity contribution in [2.45, 2.75) is 6.61 Å². The van der Waals surface area contributed by atoms with E-state index in [1.54, 1.807) is 36.4 Å². The Balaban J connectivity index is 1.62. The molecule has 0 saturated heterocycles. The molecule has 0 aromatic heterocycles. The van der Waals surface area contributed by atoms with E-state index in [0.717, 1.165) is 11.6 Å². The van der Waals surface area contributed by atoms with Crippen molar-refractivity contribution in [2.75, 3.05) is 5.32 Å². The maximum atomic E-state index is 13.7. The van der Waals surface area contributed by atoms with Crippen LogP contribution < -0.4 is 10.1 Å². The second-order valence-electron chi connectivity index (χ2n) is 5.62. The van der Waals surface area contributed by atoms with Gasteiger partial charge in [0, 0.05) is 10.7 Å². The predicted octanol–water partition coefficient (Wildman–Crippen LogP) is 5.59. The molecule has 0 spiro atoms. The van der Waals surface area contributed by atoms with E-state index in [9.17, 15) is 18.0 Å². The molecule has 1 amide bonds. The Morgan fingerprint density at radius 1 is 0.889 bits per heavy atom. The van der Waals surface area contributed by atoms with Gasteiger partial charge in [-0.3, -0.25) is 4.79 Å². The van der Waals surface area contributed by atoms with Crippen LogP contribution in [0.3, 0.4) is 0 Å². The number of ether oxygens (including phenoxy) is 1. The molecule has 0 saturated carbocycles. The highest BCUT2D eigenvalue weighted by Gasteiger charge is 2.18. The van der Waals surface area contributed by atoms with Crippen LogP contribution in [0.5, 0.6) is 5.75 Å². The summed E-state index contributed by atoms with van der Waals surface area (Å²) < 4.78 is 45.5. The molecule has 3 rings (SSSR count). The van der Waals surface area contributed by atoms with Crippen molar-refractivity contribution in [3.05, 3.63) is 94.3 Å². The molecular weight excluding hydrogens is 379 g/mol. The SMILES string of the molecule is O=C(Nc1ccc(OCc2ccc(Cl)cc2)cc1)c1ccc(F)c(F)c1F. The van der Waals surface area contributed by atoms with E-state index in [-0.39, 0.29) is 0 Å². The number of hydrogen-bond acceptors (Lipinski definition) is 2. The van der Waals surface area contributed by atoms with E-state index in [2.05, 4.69) is 5.32 Å².